The highest BCUT2D eigenvalue weighted by atomic mass is 32.1. The topological polar surface area (TPSA) is 172 Å². The normalized spacial score (nSPS) is 16.6. The molecule has 2 aromatic rings. The summed E-state index contributed by atoms with van der Waals surface area (Å²) in [4.78, 5) is 39.2. The van der Waals surface area contributed by atoms with Gasteiger partial charge in [0.15, 0.2) is 10.9 Å². The van der Waals surface area contributed by atoms with Crippen molar-refractivity contribution in [1.29, 1.82) is 0 Å². The number of nitrogen functional groups attached to an aromatic ring is 1. The lowest BCUT2D eigenvalue weighted by molar-refractivity contribution is -0.136. The Bertz CT molecular complexity index is 951. The lowest BCUT2D eigenvalue weighted by Crippen LogP contribution is -2.39. The predicted molar refractivity (Wildman–Crippen MR) is 104 cm³/mol. The molecule has 3 rings (SSSR count). The molecule has 1 aromatic carbocycles. The number of carboxylic acid groups (broad SMARTS) is 2. The molecule has 0 bridgehead atoms. The molecule has 0 saturated heterocycles. The molecule has 0 spiro atoms. The van der Waals surface area contributed by atoms with E-state index in [-0.39, 0.29) is 35.1 Å². The van der Waals surface area contributed by atoms with Crippen LogP contribution in [0.4, 0.5) is 5.13 Å². The Balaban J connectivity index is 1.78. The van der Waals surface area contributed by atoms with Gasteiger partial charge in [-0.25, -0.2) is 9.78 Å². The number of hydrogen-bond donors (Lipinski definition) is 5. The monoisotopic (exact) mass is 419 g/mol. The molecule has 0 saturated carbocycles. The summed E-state index contributed by atoms with van der Waals surface area (Å²) in [6, 6.07) is 3.61. The quantitative estimate of drug-likeness (QED) is 0.381. The number of benzene rings is 1. The largest absolute Gasteiger partial charge is 0.535 e. The number of nitrogens with one attached hydrogen (secondary N) is 1. The molecule has 0 amide bonds. The number of thiazole rings is 1. The van der Waals surface area contributed by atoms with E-state index in [2.05, 4.69) is 10.3 Å². The van der Waals surface area contributed by atoms with Gasteiger partial charge in [0.1, 0.15) is 11.8 Å². The molecule has 1 aromatic heterocycles. The number of ketones is 1. The lowest BCUT2D eigenvalue weighted by Gasteiger charge is -2.28. The molecule has 2 heterocycles. The highest BCUT2D eigenvalue weighted by molar-refractivity contribution is 7.13. The van der Waals surface area contributed by atoms with Crippen molar-refractivity contribution >= 4 is 41.3 Å². The van der Waals surface area contributed by atoms with Crippen LogP contribution in [0.2, 0.25) is 5.82 Å². The first-order valence-corrected chi connectivity index (χ1v) is 9.53. The van der Waals surface area contributed by atoms with E-state index in [1.54, 1.807) is 17.5 Å². The summed E-state index contributed by atoms with van der Waals surface area (Å²) in [6.45, 7) is -0.456. The first kappa shape index (κ1) is 20.8. The zero-order valence-electron chi connectivity index (χ0n) is 15.1. The SMILES string of the molecule is Nc1nc(C(NCC(=O)O)C(=O)C[C@H]2Cc3cccc(C(=O)O)c3OB2O)cs1. The van der Waals surface area contributed by atoms with Gasteiger partial charge in [-0.1, -0.05) is 12.1 Å². The molecule has 1 aliphatic rings. The summed E-state index contributed by atoms with van der Waals surface area (Å²) in [7, 11) is -1.38. The third kappa shape index (κ3) is 4.73. The number of aromatic nitrogens is 1. The molecule has 0 radical (unpaired) electrons. The maximum absolute atomic E-state index is 12.9. The first-order chi connectivity index (χ1) is 13.8. The molecular formula is C17H18BN3O7S. The van der Waals surface area contributed by atoms with Crippen LogP contribution in [-0.2, 0) is 16.0 Å². The zero-order chi connectivity index (χ0) is 21.1. The summed E-state index contributed by atoms with van der Waals surface area (Å²) in [6.07, 6.45) is 0.0981. The number of nitrogens with two attached hydrogens (primary N) is 1. The van der Waals surface area contributed by atoms with Crippen molar-refractivity contribution in [2.75, 3.05) is 12.3 Å². The standard InChI is InChI=1S/C17H18BN3O7S/c19-17-21-11(7-29-17)14(20-6-13(23)24)12(22)5-9-4-8-2-1-3-10(16(25)26)15(8)28-18(9)27/h1-3,7,9,14,20,27H,4-6H2,(H2,19,21)(H,23,24)(H,25,26)/t9-,14?/m1/s1. The minimum Gasteiger partial charge on any atom is -0.535 e. The van der Waals surface area contributed by atoms with Gasteiger partial charge < -0.3 is 25.6 Å². The average Bonchev–Trinajstić information content (AvgIpc) is 3.07. The average molecular weight is 419 g/mol. The number of hydrogen-bond acceptors (Lipinski definition) is 9. The molecule has 29 heavy (non-hydrogen) atoms. The van der Waals surface area contributed by atoms with E-state index in [9.17, 15) is 24.5 Å². The molecule has 1 aliphatic heterocycles. The number of carbonyl (C=O) groups is 3. The summed E-state index contributed by atoms with van der Waals surface area (Å²) in [5.74, 6) is -3.25. The first-order valence-electron chi connectivity index (χ1n) is 8.65. The molecule has 0 aliphatic carbocycles. The molecule has 12 heteroatoms. The van der Waals surface area contributed by atoms with Crippen LogP contribution >= 0.6 is 11.3 Å². The van der Waals surface area contributed by atoms with Gasteiger partial charge in [-0.2, -0.15) is 0 Å². The number of nitrogens with zero attached hydrogens (tertiary/aromatic N) is 1. The summed E-state index contributed by atoms with van der Waals surface area (Å²) in [5.41, 5.74) is 6.42. The third-order valence-corrected chi connectivity index (χ3v) is 5.22. The highest BCUT2D eigenvalue weighted by Crippen LogP contribution is 2.37. The zero-order valence-corrected chi connectivity index (χ0v) is 15.9. The van der Waals surface area contributed by atoms with Crippen molar-refractivity contribution in [1.82, 2.24) is 10.3 Å². The molecular weight excluding hydrogens is 401 g/mol. The summed E-state index contributed by atoms with van der Waals surface area (Å²) in [5, 5.41) is 32.9. The van der Waals surface area contributed by atoms with Gasteiger partial charge in [-0.3, -0.25) is 14.9 Å². The van der Waals surface area contributed by atoms with Gasteiger partial charge in [-0.05, 0) is 18.1 Å². The minimum absolute atomic E-state index is 0.0646. The van der Waals surface area contributed by atoms with Crippen LogP contribution in [0.3, 0.4) is 0 Å². The van der Waals surface area contributed by atoms with Gasteiger partial charge in [0.2, 0.25) is 0 Å². The Morgan fingerprint density at radius 1 is 1.38 bits per heavy atom. The Labute approximate surface area is 169 Å². The lowest BCUT2D eigenvalue weighted by atomic mass is 9.64. The van der Waals surface area contributed by atoms with Crippen molar-refractivity contribution in [3.8, 4) is 5.75 Å². The molecule has 152 valence electrons. The third-order valence-electron chi connectivity index (χ3n) is 4.53. The number of carboxylic acids is 2. The van der Waals surface area contributed by atoms with Crippen LogP contribution in [0, 0.1) is 0 Å². The predicted octanol–water partition coefficient (Wildman–Crippen LogP) is 0.584. The van der Waals surface area contributed by atoms with Crippen molar-refractivity contribution in [2.24, 2.45) is 0 Å². The van der Waals surface area contributed by atoms with Crippen LogP contribution in [0.1, 0.15) is 34.1 Å². The van der Waals surface area contributed by atoms with Crippen LogP contribution in [0.25, 0.3) is 0 Å². The summed E-state index contributed by atoms with van der Waals surface area (Å²) >= 11 is 1.12. The van der Waals surface area contributed by atoms with E-state index in [1.807, 2.05) is 0 Å². The number of fused-ring (bicyclic) bond motifs is 1. The molecule has 0 fully saturated rings. The highest BCUT2D eigenvalue weighted by Gasteiger charge is 2.39. The van der Waals surface area contributed by atoms with Crippen LogP contribution < -0.4 is 15.7 Å². The second kappa shape index (κ2) is 8.60. The van der Waals surface area contributed by atoms with Crippen molar-refractivity contribution in [3.63, 3.8) is 0 Å². The van der Waals surface area contributed by atoms with E-state index in [1.165, 1.54) is 6.07 Å². The fourth-order valence-corrected chi connectivity index (χ4v) is 3.80. The number of Topliss-reactive ketones (excluding diaryl/α,β-unsaturated/α-hetero) is 1. The van der Waals surface area contributed by atoms with Crippen molar-refractivity contribution < 1.29 is 34.3 Å². The molecule has 2 atom stereocenters. The maximum Gasteiger partial charge on any atom is 0.526 e. The Kier molecular flexibility index (Phi) is 6.16. The number of carbonyl (C=O) groups excluding carboxylic acids is 1. The Morgan fingerprint density at radius 2 is 2.14 bits per heavy atom. The van der Waals surface area contributed by atoms with Crippen molar-refractivity contribution in [2.45, 2.75) is 24.7 Å². The number of rotatable bonds is 8. The van der Waals surface area contributed by atoms with E-state index in [0.717, 1.165) is 11.3 Å². The van der Waals surface area contributed by atoms with Crippen LogP contribution in [0.5, 0.6) is 5.75 Å². The number of aromatic carboxylic acids is 1. The van der Waals surface area contributed by atoms with Crippen LogP contribution in [-0.4, -0.2) is 51.6 Å². The van der Waals surface area contributed by atoms with E-state index in [4.69, 9.17) is 15.5 Å². The van der Waals surface area contributed by atoms with E-state index in [0.29, 0.717) is 11.3 Å². The second-order valence-corrected chi connectivity index (χ2v) is 7.45. The van der Waals surface area contributed by atoms with Gasteiger partial charge >= 0.3 is 19.1 Å². The Hall–Kier alpha value is -2.96. The van der Waals surface area contributed by atoms with Gasteiger partial charge in [0.05, 0.1) is 17.8 Å². The maximum atomic E-state index is 12.9. The van der Waals surface area contributed by atoms with Gasteiger partial charge in [0.25, 0.3) is 0 Å². The fraction of sp³-hybridized carbons (Fsp3) is 0.294. The van der Waals surface area contributed by atoms with E-state index >= 15 is 0 Å². The smallest absolute Gasteiger partial charge is 0.526 e. The number of para-hydroxylation sites is 1. The van der Waals surface area contributed by atoms with Crippen molar-refractivity contribution in [3.05, 3.63) is 40.4 Å². The van der Waals surface area contributed by atoms with Gasteiger partial charge in [0, 0.05) is 17.6 Å². The minimum atomic E-state index is -1.38. The van der Waals surface area contributed by atoms with Gasteiger partial charge in [-0.15, -0.1) is 11.3 Å². The Morgan fingerprint density at radius 3 is 2.76 bits per heavy atom. The number of anilines is 1. The number of aliphatic carboxylic acids is 1. The second-order valence-electron chi connectivity index (χ2n) is 6.56. The summed E-state index contributed by atoms with van der Waals surface area (Å²) < 4.78 is 5.40. The fourth-order valence-electron chi connectivity index (χ4n) is 3.21. The molecule has 10 nitrogen and oxygen atoms in total. The van der Waals surface area contributed by atoms with Crippen LogP contribution in [0.15, 0.2) is 23.6 Å². The molecule has 6 N–H and O–H groups in total. The molecule has 1 unspecified atom stereocenters. The van der Waals surface area contributed by atoms with E-state index < -0.39 is 37.5 Å².